The second-order valence-corrected chi connectivity index (χ2v) is 4.28. The third-order valence-corrected chi connectivity index (χ3v) is 3.03. The summed E-state index contributed by atoms with van der Waals surface area (Å²) < 4.78 is 5.21. The zero-order valence-electron chi connectivity index (χ0n) is 9.83. The van der Waals surface area contributed by atoms with Gasteiger partial charge in [-0.1, -0.05) is 12.1 Å². The summed E-state index contributed by atoms with van der Waals surface area (Å²) in [5, 5.41) is 6.98. The Morgan fingerprint density at radius 1 is 1.50 bits per heavy atom. The van der Waals surface area contributed by atoms with Crippen LogP contribution in [0, 0.1) is 0 Å². The topological polar surface area (TPSA) is 33.3 Å². The molecule has 0 spiro atoms. The summed E-state index contributed by atoms with van der Waals surface area (Å²) in [7, 11) is 1.71. The maximum atomic E-state index is 5.21. The molecule has 1 fully saturated rings. The van der Waals surface area contributed by atoms with Gasteiger partial charge in [0.1, 0.15) is 5.75 Å². The van der Waals surface area contributed by atoms with Gasteiger partial charge in [0.15, 0.2) is 0 Å². The smallest absolute Gasteiger partial charge is 0.119 e. The first-order chi connectivity index (χ1) is 7.88. The van der Waals surface area contributed by atoms with Crippen LogP contribution < -0.4 is 15.4 Å². The number of hydrogen-bond donors (Lipinski definition) is 2. The first-order valence-corrected chi connectivity index (χ1v) is 5.95. The Morgan fingerprint density at radius 3 is 3.19 bits per heavy atom. The van der Waals surface area contributed by atoms with Crippen molar-refractivity contribution in [2.24, 2.45) is 0 Å². The van der Waals surface area contributed by atoms with Crippen molar-refractivity contribution in [3.63, 3.8) is 0 Å². The fourth-order valence-electron chi connectivity index (χ4n) is 2.07. The van der Waals surface area contributed by atoms with Crippen LogP contribution in [0.2, 0.25) is 0 Å². The Bertz CT molecular complexity index is 321. The maximum absolute atomic E-state index is 5.21. The van der Waals surface area contributed by atoms with Crippen LogP contribution in [0.15, 0.2) is 24.3 Å². The molecule has 1 atom stereocenters. The molecule has 0 bridgehead atoms. The molecule has 0 aromatic heterocycles. The van der Waals surface area contributed by atoms with E-state index in [1.807, 2.05) is 12.1 Å². The normalized spacial score (nSPS) is 20.7. The standard InChI is InChI=1S/C13H20N2O/c1-16-13-6-2-4-11(8-13)9-15-12-5-3-7-14-10-12/h2,4,6,8,12,14-15H,3,5,7,9-10H2,1H3. The van der Waals surface area contributed by atoms with Gasteiger partial charge in [0.25, 0.3) is 0 Å². The molecule has 1 unspecified atom stereocenters. The van der Waals surface area contributed by atoms with Crippen LogP contribution in [0.25, 0.3) is 0 Å². The second kappa shape index (κ2) is 5.87. The Kier molecular flexibility index (Phi) is 4.19. The average Bonchev–Trinajstić information content (AvgIpc) is 2.38. The van der Waals surface area contributed by atoms with Crippen molar-refractivity contribution in [3.8, 4) is 5.75 Å². The molecular weight excluding hydrogens is 200 g/mol. The molecule has 0 aliphatic carbocycles. The molecule has 1 saturated heterocycles. The lowest BCUT2D eigenvalue weighted by Crippen LogP contribution is -2.42. The third kappa shape index (κ3) is 3.22. The monoisotopic (exact) mass is 220 g/mol. The van der Waals surface area contributed by atoms with Gasteiger partial charge >= 0.3 is 0 Å². The molecule has 1 aromatic rings. The van der Waals surface area contributed by atoms with Crippen LogP contribution in [0.5, 0.6) is 5.75 Å². The van der Waals surface area contributed by atoms with Crippen LogP contribution in [-0.2, 0) is 6.54 Å². The molecule has 1 aromatic carbocycles. The Hall–Kier alpha value is -1.06. The second-order valence-electron chi connectivity index (χ2n) is 4.28. The number of benzene rings is 1. The predicted octanol–water partition coefficient (Wildman–Crippen LogP) is 1.54. The van der Waals surface area contributed by atoms with Crippen molar-refractivity contribution >= 4 is 0 Å². The van der Waals surface area contributed by atoms with Gasteiger partial charge in [0, 0.05) is 19.1 Å². The quantitative estimate of drug-likeness (QED) is 0.807. The van der Waals surface area contributed by atoms with Crippen molar-refractivity contribution in [2.45, 2.75) is 25.4 Å². The first kappa shape index (κ1) is 11.4. The number of nitrogens with one attached hydrogen (secondary N) is 2. The molecule has 1 aliphatic rings. The highest BCUT2D eigenvalue weighted by Crippen LogP contribution is 2.12. The molecular formula is C13H20N2O. The number of piperidine rings is 1. The van der Waals surface area contributed by atoms with Gasteiger partial charge in [-0.25, -0.2) is 0 Å². The molecule has 2 N–H and O–H groups in total. The largest absolute Gasteiger partial charge is 0.497 e. The summed E-state index contributed by atoms with van der Waals surface area (Å²) in [5.41, 5.74) is 1.28. The van der Waals surface area contributed by atoms with E-state index in [1.165, 1.54) is 18.4 Å². The van der Waals surface area contributed by atoms with Crippen molar-refractivity contribution in [1.82, 2.24) is 10.6 Å². The van der Waals surface area contributed by atoms with Gasteiger partial charge in [-0.05, 0) is 37.1 Å². The highest BCUT2D eigenvalue weighted by Gasteiger charge is 2.11. The van der Waals surface area contributed by atoms with E-state index in [-0.39, 0.29) is 0 Å². The number of rotatable bonds is 4. The summed E-state index contributed by atoms with van der Waals surface area (Å²) in [5.74, 6) is 0.932. The Labute approximate surface area is 97.2 Å². The zero-order valence-corrected chi connectivity index (χ0v) is 9.83. The van der Waals surface area contributed by atoms with Gasteiger partial charge in [0.05, 0.1) is 7.11 Å². The molecule has 1 aliphatic heterocycles. The van der Waals surface area contributed by atoms with Gasteiger partial charge in [-0.2, -0.15) is 0 Å². The summed E-state index contributed by atoms with van der Waals surface area (Å²) in [6.07, 6.45) is 2.55. The number of methoxy groups -OCH3 is 1. The van der Waals surface area contributed by atoms with Crippen LogP contribution in [-0.4, -0.2) is 26.2 Å². The lowest BCUT2D eigenvalue weighted by atomic mass is 10.1. The minimum Gasteiger partial charge on any atom is -0.497 e. The minimum atomic E-state index is 0.611. The zero-order chi connectivity index (χ0) is 11.2. The van der Waals surface area contributed by atoms with Crippen LogP contribution in [0.3, 0.4) is 0 Å². The van der Waals surface area contributed by atoms with Crippen molar-refractivity contribution < 1.29 is 4.74 Å². The summed E-state index contributed by atoms with van der Waals surface area (Å²) in [6, 6.07) is 8.84. The van der Waals surface area contributed by atoms with E-state index in [2.05, 4.69) is 22.8 Å². The molecule has 0 radical (unpaired) electrons. The van der Waals surface area contributed by atoms with Crippen LogP contribution >= 0.6 is 0 Å². The van der Waals surface area contributed by atoms with E-state index in [4.69, 9.17) is 4.74 Å². The average molecular weight is 220 g/mol. The highest BCUT2D eigenvalue weighted by atomic mass is 16.5. The lowest BCUT2D eigenvalue weighted by Gasteiger charge is -2.24. The summed E-state index contributed by atoms with van der Waals surface area (Å²) >= 11 is 0. The molecule has 3 heteroatoms. The van der Waals surface area contributed by atoms with E-state index < -0.39 is 0 Å². The fraction of sp³-hybridized carbons (Fsp3) is 0.538. The van der Waals surface area contributed by atoms with Crippen LogP contribution in [0.4, 0.5) is 0 Å². The Balaban J connectivity index is 1.83. The molecule has 88 valence electrons. The van der Waals surface area contributed by atoms with Gasteiger partial charge in [0.2, 0.25) is 0 Å². The lowest BCUT2D eigenvalue weighted by molar-refractivity contribution is 0.387. The predicted molar refractivity (Wildman–Crippen MR) is 65.7 cm³/mol. The Morgan fingerprint density at radius 2 is 2.44 bits per heavy atom. The fourth-order valence-corrected chi connectivity index (χ4v) is 2.07. The maximum Gasteiger partial charge on any atom is 0.119 e. The van der Waals surface area contributed by atoms with Gasteiger partial charge in [-0.15, -0.1) is 0 Å². The van der Waals surface area contributed by atoms with Gasteiger partial charge < -0.3 is 15.4 Å². The van der Waals surface area contributed by atoms with E-state index in [0.29, 0.717) is 6.04 Å². The van der Waals surface area contributed by atoms with E-state index in [1.54, 1.807) is 7.11 Å². The molecule has 3 nitrogen and oxygen atoms in total. The summed E-state index contributed by atoms with van der Waals surface area (Å²) in [4.78, 5) is 0. The van der Waals surface area contributed by atoms with Crippen LogP contribution in [0.1, 0.15) is 18.4 Å². The number of ether oxygens (including phenoxy) is 1. The first-order valence-electron chi connectivity index (χ1n) is 5.95. The molecule has 1 heterocycles. The van der Waals surface area contributed by atoms with E-state index in [9.17, 15) is 0 Å². The van der Waals surface area contributed by atoms with Crippen molar-refractivity contribution in [3.05, 3.63) is 29.8 Å². The SMILES string of the molecule is COc1cccc(CNC2CCCNC2)c1. The molecule has 0 amide bonds. The third-order valence-electron chi connectivity index (χ3n) is 3.03. The minimum absolute atomic E-state index is 0.611. The molecule has 0 saturated carbocycles. The van der Waals surface area contributed by atoms with E-state index in [0.717, 1.165) is 25.4 Å². The van der Waals surface area contributed by atoms with Gasteiger partial charge in [-0.3, -0.25) is 0 Å². The molecule has 16 heavy (non-hydrogen) atoms. The highest BCUT2D eigenvalue weighted by molar-refractivity contribution is 5.28. The number of hydrogen-bond acceptors (Lipinski definition) is 3. The summed E-state index contributed by atoms with van der Waals surface area (Å²) in [6.45, 7) is 3.17. The molecule has 2 rings (SSSR count). The van der Waals surface area contributed by atoms with E-state index >= 15 is 0 Å². The van der Waals surface area contributed by atoms with Crippen molar-refractivity contribution in [1.29, 1.82) is 0 Å². The van der Waals surface area contributed by atoms with Crippen molar-refractivity contribution in [2.75, 3.05) is 20.2 Å².